The molecule has 9 nitrogen and oxygen atoms in total. The minimum absolute atomic E-state index is 0. The van der Waals surface area contributed by atoms with Crippen molar-refractivity contribution in [3.63, 3.8) is 0 Å². The van der Waals surface area contributed by atoms with E-state index < -0.39 is 17.9 Å². The van der Waals surface area contributed by atoms with Gasteiger partial charge in [-0.3, -0.25) is 14.4 Å². The summed E-state index contributed by atoms with van der Waals surface area (Å²) in [6.07, 6.45) is 0. The number of rotatable bonds is 3. The molecule has 0 aliphatic heterocycles. The number of hydrogen-bond donors (Lipinski definition) is 6. The molecular formula is C6H15LaN3O6. The second kappa shape index (κ2) is 20.0. The van der Waals surface area contributed by atoms with Crippen LogP contribution in [0.4, 0.5) is 0 Å². The number of carboxylic acid groups (broad SMARTS) is 3. The summed E-state index contributed by atoms with van der Waals surface area (Å²) in [6, 6.07) is 0. The first-order chi connectivity index (χ1) is 6.81. The van der Waals surface area contributed by atoms with Crippen molar-refractivity contribution in [2.24, 2.45) is 17.2 Å². The van der Waals surface area contributed by atoms with Gasteiger partial charge in [-0.15, -0.1) is 0 Å². The first-order valence-corrected chi connectivity index (χ1v) is 3.57. The summed E-state index contributed by atoms with van der Waals surface area (Å²) in [5.74, 6) is -2.90. The van der Waals surface area contributed by atoms with Gasteiger partial charge in [0.15, 0.2) is 0 Å². The van der Waals surface area contributed by atoms with Crippen molar-refractivity contribution in [3.8, 4) is 0 Å². The Morgan fingerprint density at radius 1 is 0.688 bits per heavy atom. The molecule has 0 unspecified atom stereocenters. The molecule has 0 saturated heterocycles. The molecule has 0 fully saturated rings. The van der Waals surface area contributed by atoms with Crippen molar-refractivity contribution in [2.75, 3.05) is 19.6 Å². The van der Waals surface area contributed by atoms with Gasteiger partial charge in [0.25, 0.3) is 0 Å². The molecule has 10 heteroatoms. The first kappa shape index (κ1) is 24.6. The van der Waals surface area contributed by atoms with Gasteiger partial charge in [0.05, 0.1) is 19.6 Å². The van der Waals surface area contributed by atoms with Gasteiger partial charge < -0.3 is 32.5 Å². The van der Waals surface area contributed by atoms with Crippen LogP contribution >= 0.6 is 0 Å². The van der Waals surface area contributed by atoms with Crippen molar-refractivity contribution < 1.29 is 65.3 Å². The van der Waals surface area contributed by atoms with Crippen LogP contribution < -0.4 is 17.2 Å². The van der Waals surface area contributed by atoms with Crippen molar-refractivity contribution in [2.45, 2.75) is 0 Å². The van der Waals surface area contributed by atoms with E-state index in [0.717, 1.165) is 0 Å². The Labute approximate surface area is 120 Å². The van der Waals surface area contributed by atoms with Crippen LogP contribution in [0.5, 0.6) is 0 Å². The van der Waals surface area contributed by atoms with Crippen LogP contribution in [0.3, 0.4) is 0 Å². The Hall–Kier alpha value is -0.515. The van der Waals surface area contributed by atoms with Gasteiger partial charge in [-0.05, 0) is 0 Å². The van der Waals surface area contributed by atoms with Gasteiger partial charge in [0.2, 0.25) is 0 Å². The van der Waals surface area contributed by atoms with Gasteiger partial charge in [-0.1, -0.05) is 0 Å². The zero-order chi connectivity index (χ0) is 12.9. The van der Waals surface area contributed by atoms with Crippen LogP contribution in [-0.2, 0) is 14.4 Å². The second-order valence-electron chi connectivity index (χ2n) is 1.79. The molecule has 0 atom stereocenters. The monoisotopic (exact) mass is 364 g/mol. The fraction of sp³-hybridized carbons (Fsp3) is 0.500. The second-order valence-corrected chi connectivity index (χ2v) is 1.79. The van der Waals surface area contributed by atoms with Crippen molar-refractivity contribution in [1.29, 1.82) is 0 Å². The van der Waals surface area contributed by atoms with Crippen LogP contribution in [0.15, 0.2) is 0 Å². The zero-order valence-corrected chi connectivity index (χ0v) is 12.1. The molecule has 0 rings (SSSR count). The van der Waals surface area contributed by atoms with Gasteiger partial charge in [-0.25, -0.2) is 0 Å². The number of carboxylic acids is 3. The molecule has 0 aliphatic carbocycles. The summed E-state index contributed by atoms with van der Waals surface area (Å²) in [5, 5.41) is 22.8. The molecule has 0 aromatic carbocycles. The summed E-state index contributed by atoms with van der Waals surface area (Å²) in [5.41, 5.74) is 13.7. The molecule has 0 spiro atoms. The summed E-state index contributed by atoms with van der Waals surface area (Å²) in [4.78, 5) is 27.7. The third kappa shape index (κ3) is 69.9. The van der Waals surface area contributed by atoms with E-state index in [9.17, 15) is 14.4 Å². The van der Waals surface area contributed by atoms with Gasteiger partial charge in [0.1, 0.15) is 0 Å². The molecule has 16 heavy (non-hydrogen) atoms. The van der Waals surface area contributed by atoms with E-state index in [1.54, 1.807) is 0 Å². The first-order valence-electron chi connectivity index (χ1n) is 3.57. The maximum atomic E-state index is 9.24. The molecule has 0 heterocycles. The predicted octanol–water partition coefficient (Wildman–Crippen LogP) is -2.91. The van der Waals surface area contributed by atoms with Crippen LogP contribution in [0.1, 0.15) is 0 Å². The fourth-order valence-electron chi connectivity index (χ4n) is 0. The Morgan fingerprint density at radius 3 is 0.750 bits per heavy atom. The molecular weight excluding hydrogens is 349 g/mol. The average molecular weight is 364 g/mol. The van der Waals surface area contributed by atoms with E-state index in [4.69, 9.17) is 15.3 Å². The van der Waals surface area contributed by atoms with Crippen LogP contribution in [0.25, 0.3) is 0 Å². The summed E-state index contributed by atoms with van der Waals surface area (Å²) in [6.45, 7) is -0.833. The Morgan fingerprint density at radius 2 is 0.750 bits per heavy atom. The normalized spacial score (nSPS) is 6.94. The van der Waals surface area contributed by atoms with Gasteiger partial charge >= 0.3 is 17.9 Å². The van der Waals surface area contributed by atoms with Crippen molar-refractivity contribution in [3.05, 3.63) is 0 Å². The van der Waals surface area contributed by atoms with Crippen molar-refractivity contribution >= 4 is 17.9 Å². The van der Waals surface area contributed by atoms with Gasteiger partial charge in [0, 0.05) is 35.6 Å². The Kier molecular flexibility index (Phi) is 30.7. The molecule has 9 N–H and O–H groups in total. The topological polar surface area (TPSA) is 190 Å². The third-order valence-electron chi connectivity index (χ3n) is 0.524. The smallest absolute Gasteiger partial charge is 0.317 e. The SMILES string of the molecule is NCC(=O)O.NCC(=O)O.NCC(=O)O.[La]. The standard InChI is InChI=1S/3C2H5NO2.La/c3*3-1-2(4)5;/h3*1,3H2,(H,4,5);. The number of nitrogens with two attached hydrogens (primary N) is 3. The van der Waals surface area contributed by atoms with E-state index >= 15 is 0 Å². The molecule has 93 valence electrons. The molecule has 0 amide bonds. The van der Waals surface area contributed by atoms with Crippen LogP contribution in [0.2, 0.25) is 0 Å². The molecule has 1 radical (unpaired) electrons. The van der Waals surface area contributed by atoms with Crippen molar-refractivity contribution in [1.82, 2.24) is 0 Å². The minimum atomic E-state index is -0.968. The molecule has 0 aromatic heterocycles. The van der Waals surface area contributed by atoms with Crippen LogP contribution in [0, 0.1) is 35.6 Å². The predicted molar refractivity (Wildman–Crippen MR) is 50.1 cm³/mol. The Bertz CT molecular complexity index is 167. The van der Waals surface area contributed by atoms with E-state index in [2.05, 4.69) is 17.2 Å². The maximum Gasteiger partial charge on any atom is 0.317 e. The largest absolute Gasteiger partial charge is 0.480 e. The zero-order valence-electron chi connectivity index (χ0n) is 8.50. The van der Waals surface area contributed by atoms with E-state index in [1.165, 1.54) is 0 Å². The molecule has 0 saturated carbocycles. The number of carbonyl (C=O) groups is 3. The fourth-order valence-corrected chi connectivity index (χ4v) is 0. The van der Waals surface area contributed by atoms with E-state index in [1.807, 2.05) is 0 Å². The number of hydrogen-bond acceptors (Lipinski definition) is 6. The number of aliphatic carboxylic acids is 3. The minimum Gasteiger partial charge on any atom is -0.480 e. The molecule has 0 bridgehead atoms. The van der Waals surface area contributed by atoms with E-state index in [0.29, 0.717) is 0 Å². The maximum absolute atomic E-state index is 9.24. The van der Waals surface area contributed by atoms with Gasteiger partial charge in [-0.2, -0.15) is 0 Å². The summed E-state index contributed by atoms with van der Waals surface area (Å²) < 4.78 is 0. The summed E-state index contributed by atoms with van der Waals surface area (Å²) in [7, 11) is 0. The Balaban J connectivity index is -0.0000000655. The van der Waals surface area contributed by atoms with E-state index in [-0.39, 0.29) is 55.2 Å². The molecule has 0 aromatic rings. The molecule has 0 aliphatic rings. The third-order valence-corrected chi connectivity index (χ3v) is 0.524. The average Bonchev–Trinajstić information content (AvgIpc) is 2.19. The summed E-state index contributed by atoms with van der Waals surface area (Å²) >= 11 is 0. The quantitative estimate of drug-likeness (QED) is 0.305. The van der Waals surface area contributed by atoms with Crippen LogP contribution in [-0.4, -0.2) is 52.9 Å².